The maximum Gasteiger partial charge on any atom is 0.227 e. The van der Waals surface area contributed by atoms with E-state index in [4.69, 9.17) is 4.42 Å². The van der Waals surface area contributed by atoms with Crippen molar-refractivity contribution in [2.24, 2.45) is 0 Å². The zero-order valence-electron chi connectivity index (χ0n) is 13.3. The molecule has 0 saturated carbocycles. The molecule has 0 unspecified atom stereocenters. The quantitative estimate of drug-likeness (QED) is 0.736. The summed E-state index contributed by atoms with van der Waals surface area (Å²) in [6.45, 7) is 7.63. The highest BCUT2D eigenvalue weighted by Gasteiger charge is 2.22. The van der Waals surface area contributed by atoms with E-state index in [-0.39, 0.29) is 0 Å². The van der Waals surface area contributed by atoms with E-state index in [2.05, 4.69) is 37.0 Å². The summed E-state index contributed by atoms with van der Waals surface area (Å²) in [5.74, 6) is 3.74. The van der Waals surface area contributed by atoms with E-state index in [1.807, 2.05) is 18.4 Å². The van der Waals surface area contributed by atoms with Crippen LogP contribution in [0, 0.1) is 6.92 Å². The number of rotatable bonds is 4. The summed E-state index contributed by atoms with van der Waals surface area (Å²) in [4.78, 5) is 7.03. The van der Waals surface area contributed by atoms with Gasteiger partial charge in [0.25, 0.3) is 0 Å². The topological polar surface area (TPSA) is 60.0 Å². The average molecular weight is 329 g/mol. The Morgan fingerprint density at radius 3 is 3.00 bits per heavy atom. The van der Waals surface area contributed by atoms with E-state index < -0.39 is 0 Å². The maximum absolute atomic E-state index is 5.83. The van der Waals surface area contributed by atoms with E-state index in [9.17, 15) is 0 Å². The largest absolute Gasteiger partial charge is 0.441 e. The lowest BCUT2D eigenvalue weighted by molar-refractivity contribution is 0.204. The molecule has 7 heteroatoms. The molecule has 0 spiro atoms. The summed E-state index contributed by atoms with van der Waals surface area (Å²) in [7, 11) is 0. The molecule has 0 aromatic carbocycles. The molecule has 23 heavy (non-hydrogen) atoms. The molecule has 3 aromatic rings. The average Bonchev–Trinajstić information content (AvgIpc) is 3.27. The Balaban J connectivity index is 1.51. The molecule has 0 aliphatic carbocycles. The molecule has 6 nitrogen and oxygen atoms in total. The van der Waals surface area contributed by atoms with Crippen LogP contribution in [0.2, 0.25) is 0 Å². The first-order chi connectivity index (χ1) is 11.2. The predicted octanol–water partition coefficient (Wildman–Crippen LogP) is 2.88. The molecule has 0 N–H and O–H groups in total. The first-order valence-corrected chi connectivity index (χ1v) is 8.81. The highest BCUT2D eigenvalue weighted by atomic mass is 32.1. The summed E-state index contributed by atoms with van der Waals surface area (Å²) in [5.41, 5.74) is 2.06. The van der Waals surface area contributed by atoms with Crippen molar-refractivity contribution < 1.29 is 4.42 Å². The Labute approximate surface area is 138 Å². The minimum atomic E-state index is 0.715. The molecular weight excluding hydrogens is 310 g/mol. The molecule has 4 rings (SSSR count). The smallest absolute Gasteiger partial charge is 0.227 e. The second kappa shape index (κ2) is 5.90. The zero-order valence-corrected chi connectivity index (χ0v) is 14.1. The van der Waals surface area contributed by atoms with Crippen LogP contribution in [-0.4, -0.2) is 31.2 Å². The van der Waals surface area contributed by atoms with Crippen LogP contribution in [0.25, 0.3) is 11.5 Å². The van der Waals surface area contributed by atoms with Gasteiger partial charge in [0.15, 0.2) is 0 Å². The third kappa shape index (κ3) is 2.70. The number of fused-ring (bicyclic) bond motifs is 1. The Kier molecular flexibility index (Phi) is 3.74. The van der Waals surface area contributed by atoms with Crippen molar-refractivity contribution in [2.75, 3.05) is 6.54 Å². The lowest BCUT2D eigenvalue weighted by Gasteiger charge is -2.26. The van der Waals surface area contributed by atoms with Gasteiger partial charge in [-0.3, -0.25) is 4.90 Å². The van der Waals surface area contributed by atoms with Crippen molar-refractivity contribution >= 4 is 11.3 Å². The second-order valence-corrected chi connectivity index (χ2v) is 6.56. The van der Waals surface area contributed by atoms with E-state index in [1.165, 1.54) is 0 Å². The van der Waals surface area contributed by atoms with Crippen molar-refractivity contribution in [3.05, 3.63) is 39.9 Å². The summed E-state index contributed by atoms with van der Waals surface area (Å²) >= 11 is 1.65. The SMILES string of the molecule is CCc1nnc2n1CCN(Cc1nc(-c3ccsc3)oc1C)C2. The molecule has 0 amide bonds. The molecule has 3 aromatic heterocycles. The van der Waals surface area contributed by atoms with Gasteiger partial charge in [-0.05, 0) is 18.4 Å². The van der Waals surface area contributed by atoms with E-state index in [1.54, 1.807) is 11.3 Å². The molecule has 0 saturated heterocycles. The van der Waals surface area contributed by atoms with Crippen molar-refractivity contribution in [1.82, 2.24) is 24.6 Å². The van der Waals surface area contributed by atoms with E-state index in [0.29, 0.717) is 5.89 Å². The number of oxazole rings is 1. The standard InChI is InChI=1S/C16H19N5OS/c1-3-14-18-19-15-9-20(5-6-21(14)15)8-13-11(2)22-16(17-13)12-4-7-23-10-12/h4,7,10H,3,5-6,8-9H2,1-2H3. The van der Waals surface area contributed by atoms with Crippen molar-refractivity contribution in [2.45, 2.75) is 39.9 Å². The van der Waals surface area contributed by atoms with Gasteiger partial charge < -0.3 is 8.98 Å². The monoisotopic (exact) mass is 329 g/mol. The Morgan fingerprint density at radius 1 is 1.30 bits per heavy atom. The van der Waals surface area contributed by atoms with Crippen LogP contribution in [0.1, 0.15) is 30.0 Å². The van der Waals surface area contributed by atoms with Crippen molar-refractivity contribution in [1.29, 1.82) is 0 Å². The molecule has 0 fully saturated rings. The summed E-state index contributed by atoms with van der Waals surface area (Å²) in [5, 5.41) is 12.7. The lowest BCUT2D eigenvalue weighted by Crippen LogP contribution is -2.34. The summed E-state index contributed by atoms with van der Waals surface area (Å²) < 4.78 is 8.07. The number of aryl methyl sites for hydroxylation is 2. The molecule has 0 radical (unpaired) electrons. The molecular formula is C16H19N5OS. The van der Waals surface area contributed by atoms with Crippen LogP contribution >= 0.6 is 11.3 Å². The fourth-order valence-corrected chi connectivity index (χ4v) is 3.59. The van der Waals surface area contributed by atoms with Crippen LogP contribution < -0.4 is 0 Å². The number of hydrogen-bond donors (Lipinski definition) is 0. The molecule has 4 heterocycles. The van der Waals surface area contributed by atoms with E-state index in [0.717, 1.165) is 61.3 Å². The minimum absolute atomic E-state index is 0.715. The fraction of sp³-hybridized carbons (Fsp3) is 0.438. The number of hydrogen-bond acceptors (Lipinski definition) is 6. The third-order valence-electron chi connectivity index (χ3n) is 4.26. The molecule has 120 valence electrons. The van der Waals surface area contributed by atoms with Crippen LogP contribution in [0.15, 0.2) is 21.2 Å². The zero-order chi connectivity index (χ0) is 15.8. The Bertz CT molecular complexity index is 805. The van der Waals surface area contributed by atoms with Gasteiger partial charge in [0.2, 0.25) is 5.89 Å². The predicted molar refractivity (Wildman–Crippen MR) is 88.1 cm³/mol. The number of nitrogens with zero attached hydrogens (tertiary/aromatic N) is 5. The highest BCUT2D eigenvalue weighted by Crippen LogP contribution is 2.25. The van der Waals surface area contributed by atoms with Crippen LogP contribution in [0.5, 0.6) is 0 Å². The number of aromatic nitrogens is 4. The van der Waals surface area contributed by atoms with Gasteiger partial charge in [0.05, 0.1) is 12.2 Å². The third-order valence-corrected chi connectivity index (χ3v) is 4.94. The van der Waals surface area contributed by atoms with Crippen LogP contribution in [0.4, 0.5) is 0 Å². The normalized spacial score (nSPS) is 15.0. The summed E-state index contributed by atoms with van der Waals surface area (Å²) in [6, 6.07) is 2.04. The first-order valence-electron chi connectivity index (χ1n) is 7.86. The van der Waals surface area contributed by atoms with Gasteiger partial charge in [-0.25, -0.2) is 4.98 Å². The summed E-state index contributed by atoms with van der Waals surface area (Å²) in [6.07, 6.45) is 0.930. The minimum Gasteiger partial charge on any atom is -0.441 e. The second-order valence-electron chi connectivity index (χ2n) is 5.78. The van der Waals surface area contributed by atoms with Gasteiger partial charge >= 0.3 is 0 Å². The van der Waals surface area contributed by atoms with Gasteiger partial charge in [-0.1, -0.05) is 6.92 Å². The van der Waals surface area contributed by atoms with Crippen LogP contribution in [-0.2, 0) is 26.1 Å². The van der Waals surface area contributed by atoms with Gasteiger partial charge in [0, 0.05) is 37.0 Å². The van der Waals surface area contributed by atoms with Gasteiger partial charge in [0.1, 0.15) is 17.4 Å². The van der Waals surface area contributed by atoms with Crippen molar-refractivity contribution in [3.63, 3.8) is 0 Å². The molecule has 0 atom stereocenters. The molecule has 1 aliphatic rings. The highest BCUT2D eigenvalue weighted by molar-refractivity contribution is 7.08. The van der Waals surface area contributed by atoms with E-state index >= 15 is 0 Å². The van der Waals surface area contributed by atoms with Gasteiger partial charge in [-0.2, -0.15) is 11.3 Å². The van der Waals surface area contributed by atoms with Crippen molar-refractivity contribution in [3.8, 4) is 11.5 Å². The first kappa shape index (κ1) is 14.6. The molecule has 0 bridgehead atoms. The Morgan fingerprint density at radius 2 is 2.22 bits per heavy atom. The van der Waals surface area contributed by atoms with Crippen LogP contribution in [0.3, 0.4) is 0 Å². The maximum atomic E-state index is 5.83. The lowest BCUT2D eigenvalue weighted by atomic mass is 10.3. The Hall–Kier alpha value is -1.99. The van der Waals surface area contributed by atoms with Gasteiger partial charge in [-0.15, -0.1) is 10.2 Å². The molecule has 1 aliphatic heterocycles. The fourth-order valence-electron chi connectivity index (χ4n) is 2.96. The number of thiophene rings is 1.